The van der Waals surface area contributed by atoms with Crippen molar-refractivity contribution in [2.24, 2.45) is 0 Å². The topological polar surface area (TPSA) is 88.0 Å². The molecule has 0 heterocycles. The molecule has 1 rings (SSSR count). The summed E-state index contributed by atoms with van der Waals surface area (Å²) in [6, 6.07) is 6.53. The second-order valence-corrected chi connectivity index (χ2v) is 3.74. The van der Waals surface area contributed by atoms with Crippen LogP contribution in [0.1, 0.15) is 10.4 Å². The Labute approximate surface area is 112 Å². The average Bonchev–Trinajstić information content (AvgIpc) is 2.42. The van der Waals surface area contributed by atoms with E-state index in [0.717, 1.165) is 0 Å². The molecule has 0 spiro atoms. The number of hydrogen-bond donors (Lipinski definition) is 3. The van der Waals surface area contributed by atoms with Crippen LogP contribution in [0.3, 0.4) is 0 Å². The summed E-state index contributed by atoms with van der Waals surface area (Å²) in [6.45, 7) is 2.51. The highest BCUT2D eigenvalue weighted by molar-refractivity contribution is 5.90. The van der Waals surface area contributed by atoms with Gasteiger partial charge in [0, 0.05) is 13.1 Å². The molecular formula is C13H19NO5. The zero-order chi connectivity index (χ0) is 13.9. The van der Waals surface area contributed by atoms with Crippen LogP contribution in [0.5, 0.6) is 5.75 Å². The molecule has 0 bridgehead atoms. The second kappa shape index (κ2) is 9.32. The molecule has 0 aromatic heterocycles. The summed E-state index contributed by atoms with van der Waals surface area (Å²) >= 11 is 0. The minimum atomic E-state index is -0.999. The number of aromatic carboxylic acids is 1. The Bertz CT molecular complexity index is 383. The molecule has 0 aliphatic carbocycles. The quantitative estimate of drug-likeness (QED) is 0.532. The molecule has 1 aromatic carbocycles. The van der Waals surface area contributed by atoms with E-state index < -0.39 is 5.97 Å². The fourth-order valence-electron chi connectivity index (χ4n) is 1.44. The van der Waals surface area contributed by atoms with E-state index in [1.54, 1.807) is 18.2 Å². The fourth-order valence-corrected chi connectivity index (χ4v) is 1.44. The number of para-hydroxylation sites is 1. The van der Waals surface area contributed by atoms with Gasteiger partial charge in [0.1, 0.15) is 17.9 Å². The van der Waals surface area contributed by atoms with E-state index in [9.17, 15) is 4.79 Å². The minimum absolute atomic E-state index is 0.0229. The first-order valence-corrected chi connectivity index (χ1v) is 6.10. The van der Waals surface area contributed by atoms with Gasteiger partial charge in [-0.1, -0.05) is 12.1 Å². The summed E-state index contributed by atoms with van der Waals surface area (Å²) in [4.78, 5) is 10.9. The van der Waals surface area contributed by atoms with Crippen LogP contribution in [-0.4, -0.2) is 55.7 Å². The number of aliphatic hydroxyl groups is 1. The lowest BCUT2D eigenvalue weighted by atomic mass is 10.2. The standard InChI is InChI=1S/C13H19NO5/c15-7-10-18-8-5-14-6-9-19-12-4-2-1-3-11(12)13(16)17/h1-4,14-15H,5-10H2,(H,16,17). The zero-order valence-electron chi connectivity index (χ0n) is 10.7. The maximum atomic E-state index is 10.9. The van der Waals surface area contributed by atoms with Gasteiger partial charge in [-0.3, -0.25) is 0 Å². The lowest BCUT2D eigenvalue weighted by Crippen LogP contribution is -2.25. The molecule has 1 aromatic rings. The highest BCUT2D eigenvalue weighted by atomic mass is 16.5. The number of carboxylic acids is 1. The highest BCUT2D eigenvalue weighted by Crippen LogP contribution is 2.17. The van der Waals surface area contributed by atoms with E-state index >= 15 is 0 Å². The first-order valence-electron chi connectivity index (χ1n) is 6.10. The van der Waals surface area contributed by atoms with Crippen molar-refractivity contribution >= 4 is 5.97 Å². The van der Waals surface area contributed by atoms with Gasteiger partial charge in [-0.15, -0.1) is 0 Å². The van der Waals surface area contributed by atoms with Crippen molar-refractivity contribution in [1.82, 2.24) is 5.32 Å². The van der Waals surface area contributed by atoms with Gasteiger partial charge in [0.25, 0.3) is 0 Å². The Hall–Kier alpha value is -1.63. The average molecular weight is 269 g/mol. The van der Waals surface area contributed by atoms with Crippen molar-refractivity contribution in [3.05, 3.63) is 29.8 Å². The van der Waals surface area contributed by atoms with Gasteiger partial charge in [-0.25, -0.2) is 4.79 Å². The second-order valence-electron chi connectivity index (χ2n) is 3.74. The summed E-state index contributed by atoms with van der Waals surface area (Å²) < 4.78 is 10.5. The number of aliphatic hydroxyl groups excluding tert-OH is 1. The summed E-state index contributed by atoms with van der Waals surface area (Å²) in [7, 11) is 0. The maximum absolute atomic E-state index is 10.9. The van der Waals surface area contributed by atoms with Gasteiger partial charge >= 0.3 is 5.97 Å². The molecule has 0 fully saturated rings. The molecule has 0 saturated carbocycles. The van der Waals surface area contributed by atoms with Gasteiger partial charge in [0.05, 0.1) is 19.8 Å². The summed E-state index contributed by atoms with van der Waals surface area (Å²) in [5, 5.41) is 20.5. The van der Waals surface area contributed by atoms with Crippen LogP contribution in [0.15, 0.2) is 24.3 Å². The van der Waals surface area contributed by atoms with Crippen molar-refractivity contribution in [1.29, 1.82) is 0 Å². The molecule has 6 heteroatoms. The summed E-state index contributed by atoms with van der Waals surface area (Å²) in [5.74, 6) is -0.630. The molecule has 0 unspecified atom stereocenters. The Morgan fingerprint density at radius 2 is 1.89 bits per heavy atom. The van der Waals surface area contributed by atoms with E-state index in [-0.39, 0.29) is 12.2 Å². The maximum Gasteiger partial charge on any atom is 0.339 e. The van der Waals surface area contributed by atoms with Crippen LogP contribution in [0.2, 0.25) is 0 Å². The third-order valence-electron chi connectivity index (χ3n) is 2.31. The largest absolute Gasteiger partial charge is 0.491 e. The molecular weight excluding hydrogens is 250 g/mol. The van der Waals surface area contributed by atoms with Crippen LogP contribution >= 0.6 is 0 Å². The first kappa shape index (κ1) is 15.4. The number of hydrogen-bond acceptors (Lipinski definition) is 5. The van der Waals surface area contributed by atoms with E-state index in [0.29, 0.717) is 38.7 Å². The van der Waals surface area contributed by atoms with Crippen molar-refractivity contribution in [2.75, 3.05) is 39.5 Å². The molecule has 19 heavy (non-hydrogen) atoms. The Morgan fingerprint density at radius 3 is 2.63 bits per heavy atom. The highest BCUT2D eigenvalue weighted by Gasteiger charge is 2.09. The SMILES string of the molecule is O=C(O)c1ccccc1OCCNCCOCCO. The number of ether oxygens (including phenoxy) is 2. The number of benzene rings is 1. The van der Waals surface area contributed by atoms with Crippen LogP contribution in [-0.2, 0) is 4.74 Å². The molecule has 0 aliphatic rings. The van der Waals surface area contributed by atoms with Crippen LogP contribution in [0, 0.1) is 0 Å². The third-order valence-corrected chi connectivity index (χ3v) is 2.31. The number of carbonyl (C=O) groups is 1. The van der Waals surface area contributed by atoms with E-state index in [2.05, 4.69) is 5.32 Å². The normalized spacial score (nSPS) is 10.4. The minimum Gasteiger partial charge on any atom is -0.491 e. The number of carboxylic acid groups (broad SMARTS) is 1. The Morgan fingerprint density at radius 1 is 1.16 bits per heavy atom. The molecule has 0 amide bonds. The summed E-state index contributed by atoms with van der Waals surface area (Å²) in [5.41, 5.74) is 0.161. The Kier molecular flexibility index (Phi) is 7.57. The van der Waals surface area contributed by atoms with Crippen molar-refractivity contribution in [3.8, 4) is 5.75 Å². The van der Waals surface area contributed by atoms with E-state index in [1.807, 2.05) is 0 Å². The molecule has 0 radical (unpaired) electrons. The van der Waals surface area contributed by atoms with Gasteiger partial charge in [0.15, 0.2) is 0 Å². The van der Waals surface area contributed by atoms with Gasteiger partial charge < -0.3 is 25.0 Å². The summed E-state index contributed by atoms with van der Waals surface area (Å²) in [6.07, 6.45) is 0. The first-order chi connectivity index (χ1) is 9.25. The molecule has 0 aliphatic heterocycles. The van der Waals surface area contributed by atoms with Crippen molar-refractivity contribution < 1.29 is 24.5 Å². The van der Waals surface area contributed by atoms with Crippen LogP contribution in [0.4, 0.5) is 0 Å². The van der Waals surface area contributed by atoms with Gasteiger partial charge in [-0.05, 0) is 12.1 Å². The molecule has 106 valence electrons. The van der Waals surface area contributed by atoms with Crippen LogP contribution in [0.25, 0.3) is 0 Å². The lowest BCUT2D eigenvalue weighted by Gasteiger charge is -2.09. The molecule has 0 saturated heterocycles. The number of nitrogens with one attached hydrogen (secondary N) is 1. The number of rotatable bonds is 10. The lowest BCUT2D eigenvalue weighted by molar-refractivity contribution is 0.0692. The zero-order valence-corrected chi connectivity index (χ0v) is 10.7. The molecule has 6 nitrogen and oxygen atoms in total. The molecule has 0 atom stereocenters. The predicted molar refractivity (Wildman–Crippen MR) is 69.7 cm³/mol. The van der Waals surface area contributed by atoms with Crippen molar-refractivity contribution in [2.45, 2.75) is 0 Å². The Balaban J connectivity index is 2.17. The third kappa shape index (κ3) is 6.19. The van der Waals surface area contributed by atoms with Crippen molar-refractivity contribution in [3.63, 3.8) is 0 Å². The van der Waals surface area contributed by atoms with E-state index in [1.165, 1.54) is 6.07 Å². The smallest absolute Gasteiger partial charge is 0.339 e. The van der Waals surface area contributed by atoms with Gasteiger partial charge in [-0.2, -0.15) is 0 Å². The fraction of sp³-hybridized carbons (Fsp3) is 0.462. The van der Waals surface area contributed by atoms with E-state index in [4.69, 9.17) is 19.7 Å². The van der Waals surface area contributed by atoms with Gasteiger partial charge in [0.2, 0.25) is 0 Å². The van der Waals surface area contributed by atoms with Crippen LogP contribution < -0.4 is 10.1 Å². The molecule has 3 N–H and O–H groups in total. The monoisotopic (exact) mass is 269 g/mol. The predicted octanol–water partition coefficient (Wildman–Crippen LogP) is 0.362.